The van der Waals surface area contributed by atoms with Gasteiger partial charge in [0.2, 0.25) is 0 Å². The number of aryl methyl sites for hydroxylation is 1. The molecule has 0 bridgehead atoms. The third-order valence-electron chi connectivity index (χ3n) is 2.34. The molecule has 0 spiro atoms. The van der Waals surface area contributed by atoms with Crippen LogP contribution < -0.4 is 0 Å². The van der Waals surface area contributed by atoms with Crippen LogP contribution in [0.3, 0.4) is 0 Å². The molecule has 0 fully saturated rings. The number of rotatable bonds is 3. The molecule has 1 heterocycles. The van der Waals surface area contributed by atoms with Crippen LogP contribution in [0.1, 0.15) is 11.1 Å². The second-order valence-corrected chi connectivity index (χ2v) is 4.61. The Hall–Kier alpha value is -1.32. The highest BCUT2D eigenvalue weighted by atomic mass is 32.2. The van der Waals surface area contributed by atoms with E-state index in [0.29, 0.717) is 0 Å². The lowest BCUT2D eigenvalue weighted by molar-refractivity contribution is 0.281. The highest BCUT2D eigenvalue weighted by Crippen LogP contribution is 2.27. The van der Waals surface area contributed by atoms with E-state index < -0.39 is 0 Å². The predicted molar refractivity (Wildman–Crippen MR) is 65.5 cm³/mol. The normalized spacial score (nSPS) is 10.4. The fraction of sp³-hybridized carbons (Fsp3) is 0.154. The zero-order chi connectivity index (χ0) is 11.4. The first-order chi connectivity index (χ1) is 7.79. The number of hydrogen-bond acceptors (Lipinski definition) is 3. The summed E-state index contributed by atoms with van der Waals surface area (Å²) in [6.45, 7) is 2.11. The van der Waals surface area contributed by atoms with Gasteiger partial charge in [0, 0.05) is 11.1 Å². The Bertz CT molecular complexity index is 471. The van der Waals surface area contributed by atoms with Crippen molar-refractivity contribution in [3.8, 4) is 0 Å². The number of aliphatic hydroxyl groups is 1. The zero-order valence-electron chi connectivity index (χ0n) is 9.05. The molecule has 0 aliphatic rings. The summed E-state index contributed by atoms with van der Waals surface area (Å²) in [4.78, 5) is 5.41. The highest BCUT2D eigenvalue weighted by Gasteiger charge is 2.01. The van der Waals surface area contributed by atoms with Crippen molar-refractivity contribution in [2.24, 2.45) is 0 Å². The zero-order valence-corrected chi connectivity index (χ0v) is 9.87. The average Bonchev–Trinajstić information content (AvgIpc) is 2.31. The molecule has 16 heavy (non-hydrogen) atoms. The Morgan fingerprint density at radius 1 is 1.25 bits per heavy atom. The van der Waals surface area contributed by atoms with Crippen molar-refractivity contribution in [1.29, 1.82) is 0 Å². The summed E-state index contributed by atoms with van der Waals surface area (Å²) in [5, 5.41) is 10.1. The standard InChI is InChI=1S/C13H13NOS/c1-10-8-12(6-5-11(10)9-15)16-13-4-2-3-7-14-13/h2-8,15H,9H2,1H3. The lowest BCUT2D eigenvalue weighted by Gasteiger charge is -2.05. The van der Waals surface area contributed by atoms with Gasteiger partial charge in [-0.05, 0) is 42.3 Å². The third-order valence-corrected chi connectivity index (χ3v) is 3.28. The second-order valence-electron chi connectivity index (χ2n) is 3.52. The van der Waals surface area contributed by atoms with Crippen molar-refractivity contribution in [3.63, 3.8) is 0 Å². The highest BCUT2D eigenvalue weighted by molar-refractivity contribution is 7.99. The van der Waals surface area contributed by atoms with Gasteiger partial charge in [0.1, 0.15) is 5.03 Å². The van der Waals surface area contributed by atoms with Crippen LogP contribution in [0.2, 0.25) is 0 Å². The van der Waals surface area contributed by atoms with Gasteiger partial charge in [0.05, 0.1) is 6.61 Å². The van der Waals surface area contributed by atoms with Crippen LogP contribution in [0.4, 0.5) is 0 Å². The van der Waals surface area contributed by atoms with E-state index in [1.807, 2.05) is 37.3 Å². The smallest absolute Gasteiger partial charge is 0.101 e. The van der Waals surface area contributed by atoms with E-state index in [1.54, 1.807) is 18.0 Å². The molecule has 1 aromatic carbocycles. The van der Waals surface area contributed by atoms with E-state index in [1.165, 1.54) is 0 Å². The third kappa shape index (κ3) is 2.62. The number of hydrogen-bond donors (Lipinski definition) is 1. The number of nitrogens with zero attached hydrogens (tertiary/aromatic N) is 1. The van der Waals surface area contributed by atoms with Crippen LogP contribution >= 0.6 is 11.8 Å². The molecular formula is C13H13NOS. The molecule has 0 atom stereocenters. The molecule has 1 N–H and O–H groups in total. The fourth-order valence-corrected chi connectivity index (χ4v) is 2.31. The Morgan fingerprint density at radius 3 is 2.75 bits per heavy atom. The van der Waals surface area contributed by atoms with Crippen molar-refractivity contribution < 1.29 is 5.11 Å². The van der Waals surface area contributed by atoms with E-state index in [9.17, 15) is 0 Å². The van der Waals surface area contributed by atoms with Gasteiger partial charge in [-0.15, -0.1) is 0 Å². The SMILES string of the molecule is Cc1cc(Sc2ccccn2)ccc1CO. The molecule has 82 valence electrons. The maximum Gasteiger partial charge on any atom is 0.101 e. The van der Waals surface area contributed by atoms with Gasteiger partial charge in [0.15, 0.2) is 0 Å². The minimum absolute atomic E-state index is 0.0976. The van der Waals surface area contributed by atoms with Crippen LogP contribution in [0, 0.1) is 6.92 Å². The average molecular weight is 231 g/mol. The van der Waals surface area contributed by atoms with Gasteiger partial charge in [0.25, 0.3) is 0 Å². The van der Waals surface area contributed by atoms with E-state index in [-0.39, 0.29) is 6.61 Å². The van der Waals surface area contributed by atoms with Crippen LogP contribution in [0.25, 0.3) is 0 Å². The molecule has 0 aliphatic heterocycles. The summed E-state index contributed by atoms with van der Waals surface area (Å²) in [6, 6.07) is 11.9. The monoisotopic (exact) mass is 231 g/mol. The quantitative estimate of drug-likeness (QED) is 0.881. The second kappa shape index (κ2) is 5.14. The first kappa shape index (κ1) is 11.2. The van der Waals surface area contributed by atoms with Crippen molar-refractivity contribution in [2.45, 2.75) is 23.5 Å². The molecule has 2 rings (SSSR count). The number of pyridine rings is 1. The molecule has 3 heteroatoms. The molecule has 2 nitrogen and oxygen atoms in total. The maximum atomic E-state index is 9.08. The number of aliphatic hydroxyl groups excluding tert-OH is 1. The lowest BCUT2D eigenvalue weighted by Crippen LogP contribution is -1.88. The summed E-state index contributed by atoms with van der Waals surface area (Å²) in [5.41, 5.74) is 2.09. The van der Waals surface area contributed by atoms with Crippen LogP contribution in [-0.4, -0.2) is 10.1 Å². The predicted octanol–water partition coefficient (Wildman–Crippen LogP) is 3.03. The largest absolute Gasteiger partial charge is 0.392 e. The van der Waals surface area contributed by atoms with Gasteiger partial charge in [-0.25, -0.2) is 4.98 Å². The van der Waals surface area contributed by atoms with Gasteiger partial charge >= 0.3 is 0 Å². The molecule has 0 saturated carbocycles. The van der Waals surface area contributed by atoms with Crippen LogP contribution in [0.5, 0.6) is 0 Å². The molecule has 0 unspecified atom stereocenters. The van der Waals surface area contributed by atoms with Crippen LogP contribution in [-0.2, 0) is 6.61 Å². The van der Waals surface area contributed by atoms with E-state index >= 15 is 0 Å². The maximum absolute atomic E-state index is 9.08. The topological polar surface area (TPSA) is 33.1 Å². The Morgan fingerprint density at radius 2 is 2.12 bits per heavy atom. The Balaban J connectivity index is 2.20. The molecule has 1 aromatic heterocycles. The van der Waals surface area contributed by atoms with Crippen molar-refractivity contribution in [2.75, 3.05) is 0 Å². The molecule has 0 aliphatic carbocycles. The minimum Gasteiger partial charge on any atom is -0.392 e. The van der Waals surface area contributed by atoms with Gasteiger partial charge < -0.3 is 5.11 Å². The van der Waals surface area contributed by atoms with E-state index in [0.717, 1.165) is 21.0 Å². The summed E-state index contributed by atoms with van der Waals surface area (Å²) in [5.74, 6) is 0. The van der Waals surface area contributed by atoms with E-state index in [2.05, 4.69) is 11.1 Å². The summed E-state index contributed by atoms with van der Waals surface area (Å²) < 4.78 is 0. The number of benzene rings is 1. The number of aromatic nitrogens is 1. The first-order valence-electron chi connectivity index (χ1n) is 5.09. The molecular weight excluding hydrogens is 218 g/mol. The first-order valence-corrected chi connectivity index (χ1v) is 5.90. The summed E-state index contributed by atoms with van der Waals surface area (Å²) in [7, 11) is 0. The van der Waals surface area contributed by atoms with E-state index in [4.69, 9.17) is 5.11 Å². The van der Waals surface area contributed by atoms with Gasteiger partial charge in [-0.1, -0.05) is 23.9 Å². The Labute approximate surface area is 99.4 Å². The van der Waals surface area contributed by atoms with Crippen molar-refractivity contribution in [3.05, 3.63) is 53.7 Å². The summed E-state index contributed by atoms with van der Waals surface area (Å²) in [6.07, 6.45) is 1.79. The van der Waals surface area contributed by atoms with Crippen molar-refractivity contribution in [1.82, 2.24) is 4.98 Å². The summed E-state index contributed by atoms with van der Waals surface area (Å²) >= 11 is 1.63. The van der Waals surface area contributed by atoms with Crippen molar-refractivity contribution >= 4 is 11.8 Å². The molecule has 0 saturated heterocycles. The van der Waals surface area contributed by atoms with Crippen LogP contribution in [0.15, 0.2) is 52.5 Å². The minimum atomic E-state index is 0.0976. The molecule has 0 amide bonds. The molecule has 0 radical (unpaired) electrons. The molecule has 2 aromatic rings. The lowest BCUT2D eigenvalue weighted by atomic mass is 10.1. The van der Waals surface area contributed by atoms with Gasteiger partial charge in [-0.2, -0.15) is 0 Å². The van der Waals surface area contributed by atoms with Gasteiger partial charge in [-0.3, -0.25) is 0 Å². The fourth-order valence-electron chi connectivity index (χ4n) is 1.44. The Kier molecular flexibility index (Phi) is 3.59.